The van der Waals surface area contributed by atoms with Gasteiger partial charge in [0.2, 0.25) is 11.9 Å². The summed E-state index contributed by atoms with van der Waals surface area (Å²) in [4.78, 5) is 31.7. The minimum absolute atomic E-state index is 0.00794. The van der Waals surface area contributed by atoms with Gasteiger partial charge in [-0.3, -0.25) is 4.79 Å². The molecule has 0 aliphatic carbocycles. The normalized spacial score (nSPS) is 15.8. The van der Waals surface area contributed by atoms with Crippen LogP contribution in [0.15, 0.2) is 54.7 Å². The Morgan fingerprint density at radius 2 is 1.82 bits per heavy atom. The molecular weight excluding hydrogens is 503 g/mol. The Morgan fingerprint density at radius 1 is 1.11 bits per heavy atom. The Morgan fingerprint density at radius 3 is 2.47 bits per heavy atom. The number of halogens is 3. The summed E-state index contributed by atoms with van der Waals surface area (Å²) in [5.41, 5.74) is 6.82. The number of alkyl halides is 3. The Hall–Kier alpha value is -4.19. The lowest BCUT2D eigenvalue weighted by Gasteiger charge is -2.34. The third-order valence-electron chi connectivity index (χ3n) is 6.15. The van der Waals surface area contributed by atoms with Crippen LogP contribution in [0.4, 0.5) is 29.6 Å². The maximum absolute atomic E-state index is 13.7. The lowest BCUT2D eigenvalue weighted by Crippen LogP contribution is -2.48. The summed E-state index contributed by atoms with van der Waals surface area (Å²) in [7, 11) is 0. The van der Waals surface area contributed by atoms with Gasteiger partial charge in [0.15, 0.2) is 0 Å². The molecule has 1 aliphatic heterocycles. The van der Waals surface area contributed by atoms with E-state index in [4.69, 9.17) is 10.5 Å². The number of morpholine rings is 1. The van der Waals surface area contributed by atoms with Crippen molar-refractivity contribution in [3.05, 3.63) is 82.7 Å². The third-order valence-corrected chi connectivity index (χ3v) is 6.15. The largest absolute Gasteiger partial charge is 0.530 e. The van der Waals surface area contributed by atoms with Gasteiger partial charge in [-0.05, 0) is 41.7 Å². The molecule has 2 heterocycles. The highest BCUT2D eigenvalue weighted by Crippen LogP contribution is 2.32. The highest BCUT2D eigenvalue weighted by molar-refractivity contribution is 5.77. The van der Waals surface area contributed by atoms with E-state index < -0.39 is 29.8 Å². The maximum atomic E-state index is 13.7. The van der Waals surface area contributed by atoms with Crippen LogP contribution in [0.3, 0.4) is 0 Å². The van der Waals surface area contributed by atoms with Crippen LogP contribution in [-0.2, 0) is 35.0 Å². The number of benzene rings is 2. The van der Waals surface area contributed by atoms with Crippen LogP contribution in [0.5, 0.6) is 0 Å². The van der Waals surface area contributed by atoms with Crippen LogP contribution in [0.1, 0.15) is 34.1 Å². The van der Waals surface area contributed by atoms with Crippen LogP contribution < -0.4 is 16.2 Å². The number of carbonyl (C=O) groups excluding carboxylic acids is 2. The number of primary amides is 1. The first-order valence-corrected chi connectivity index (χ1v) is 11.8. The van der Waals surface area contributed by atoms with Gasteiger partial charge in [-0.25, -0.2) is 9.97 Å². The van der Waals surface area contributed by atoms with Crippen LogP contribution >= 0.6 is 0 Å². The van der Waals surface area contributed by atoms with Crippen LogP contribution in [-0.4, -0.2) is 46.6 Å². The summed E-state index contributed by atoms with van der Waals surface area (Å²) in [6, 6.07) is 13.8. The van der Waals surface area contributed by atoms with E-state index in [1.165, 1.54) is 4.90 Å². The first-order valence-electron chi connectivity index (χ1n) is 11.8. The Balaban J connectivity index is 1.50. The first-order chi connectivity index (χ1) is 18.1. The average Bonchev–Trinajstić information content (AvgIpc) is 2.88. The molecule has 1 fully saturated rings. The van der Waals surface area contributed by atoms with Crippen molar-refractivity contribution in [2.24, 2.45) is 5.73 Å². The predicted octanol–water partition coefficient (Wildman–Crippen LogP) is 2.77. The molecule has 0 bridgehead atoms. The number of ether oxygens (including phenoxy) is 1. The molecule has 1 atom stereocenters. The van der Waals surface area contributed by atoms with Crippen molar-refractivity contribution in [2.75, 3.05) is 25.0 Å². The number of rotatable bonds is 8. The summed E-state index contributed by atoms with van der Waals surface area (Å²) in [6.07, 6.45) is -5.42. The Labute approximate surface area is 216 Å². The van der Waals surface area contributed by atoms with E-state index in [1.807, 2.05) is 0 Å². The second-order valence-electron chi connectivity index (χ2n) is 8.78. The molecule has 0 saturated carbocycles. The number of amides is 2. The molecule has 1 aliphatic rings. The molecule has 200 valence electrons. The molecule has 1 saturated heterocycles. The topological polar surface area (TPSA) is 134 Å². The zero-order chi connectivity index (χ0) is 27.3. The fourth-order valence-corrected chi connectivity index (χ4v) is 4.25. The van der Waals surface area contributed by atoms with E-state index in [9.17, 15) is 27.9 Å². The number of nitrogens with zero attached hydrogens (tertiary/aromatic N) is 3. The summed E-state index contributed by atoms with van der Waals surface area (Å²) < 4.78 is 46.6. The molecule has 3 N–H and O–H groups in total. The van der Waals surface area contributed by atoms with Gasteiger partial charge in [0, 0.05) is 25.0 Å². The molecule has 1 unspecified atom stereocenters. The number of nitrogens with one attached hydrogen (secondary N) is 1. The fourth-order valence-electron chi connectivity index (χ4n) is 4.25. The lowest BCUT2D eigenvalue weighted by molar-refractivity contribution is -0.270. The monoisotopic (exact) mass is 528 g/mol. The fraction of sp³-hybridized carbons (Fsp3) is 0.308. The summed E-state index contributed by atoms with van der Waals surface area (Å²) >= 11 is 0. The van der Waals surface area contributed by atoms with E-state index in [-0.39, 0.29) is 50.6 Å². The second kappa shape index (κ2) is 11.5. The number of anilines is 2. The first kappa shape index (κ1) is 26.9. The van der Waals surface area contributed by atoms with Crippen molar-refractivity contribution < 1.29 is 32.6 Å². The maximum Gasteiger partial charge on any atom is 0.419 e. The molecule has 9 nitrogen and oxygen atoms in total. The average molecular weight is 529 g/mol. The second-order valence-corrected chi connectivity index (χ2v) is 8.78. The predicted molar refractivity (Wildman–Crippen MR) is 129 cm³/mol. The van der Waals surface area contributed by atoms with Gasteiger partial charge < -0.3 is 30.6 Å². The number of nitrogens with two attached hydrogens (primary N) is 1. The molecule has 38 heavy (non-hydrogen) atoms. The summed E-state index contributed by atoms with van der Waals surface area (Å²) in [5, 5.41) is 14.0. The van der Waals surface area contributed by atoms with Crippen molar-refractivity contribution in [1.82, 2.24) is 14.9 Å². The third kappa shape index (κ3) is 6.76. The van der Waals surface area contributed by atoms with Gasteiger partial charge in [-0.2, -0.15) is 13.2 Å². The zero-order valence-electron chi connectivity index (χ0n) is 20.2. The van der Waals surface area contributed by atoms with Crippen molar-refractivity contribution in [1.29, 1.82) is 0 Å². The highest BCUT2D eigenvalue weighted by Gasteiger charge is 2.35. The van der Waals surface area contributed by atoms with Gasteiger partial charge in [-0.15, -0.1) is 0 Å². The smallest absolute Gasteiger partial charge is 0.419 e. The number of carboxylic acid groups (broad SMARTS) is 1. The molecule has 0 spiro atoms. The minimum Gasteiger partial charge on any atom is -0.530 e. The van der Waals surface area contributed by atoms with Crippen molar-refractivity contribution in [2.45, 2.75) is 31.5 Å². The standard InChI is InChI=1S/C26H26F3N5O4/c27-26(28,29)20-14-31-24(33-21(20)10-7-16-3-1-2-4-18(16)13-23(30)35)32-19-8-5-17(6-9-19)22-15-34(25(36)37)11-12-38-22/h1-6,8-9,14,22H,7,10-13,15H2,(H2,30,35)(H,36,37)(H,31,32,33)/p-1. The van der Waals surface area contributed by atoms with E-state index in [2.05, 4.69) is 15.3 Å². The molecule has 2 aromatic carbocycles. The van der Waals surface area contributed by atoms with E-state index in [1.54, 1.807) is 48.5 Å². The highest BCUT2D eigenvalue weighted by atomic mass is 19.4. The van der Waals surface area contributed by atoms with Crippen molar-refractivity contribution in [3.63, 3.8) is 0 Å². The van der Waals surface area contributed by atoms with E-state index in [0.29, 0.717) is 16.8 Å². The summed E-state index contributed by atoms with van der Waals surface area (Å²) in [5.74, 6) is -0.539. The number of aryl methyl sites for hydroxylation is 2. The van der Waals surface area contributed by atoms with Crippen molar-refractivity contribution >= 4 is 23.6 Å². The van der Waals surface area contributed by atoms with Gasteiger partial charge >= 0.3 is 6.18 Å². The quantitative estimate of drug-likeness (QED) is 0.459. The number of hydrogen-bond acceptors (Lipinski definition) is 7. The SMILES string of the molecule is NC(=O)Cc1ccccc1CCc1nc(Nc2ccc(C3CN(C(=O)[O-])CCO3)cc2)ncc1C(F)(F)F. The molecule has 3 aromatic rings. The van der Waals surface area contributed by atoms with Gasteiger partial charge in [0.25, 0.3) is 0 Å². The van der Waals surface area contributed by atoms with Gasteiger partial charge in [0.05, 0.1) is 24.3 Å². The van der Waals surface area contributed by atoms with Crippen molar-refractivity contribution in [3.8, 4) is 0 Å². The Bertz CT molecular complexity index is 1300. The molecule has 4 rings (SSSR count). The molecular formula is C26H25F3N5O4-. The number of aromatic nitrogens is 2. The zero-order valence-corrected chi connectivity index (χ0v) is 20.2. The van der Waals surface area contributed by atoms with Crippen LogP contribution in [0.2, 0.25) is 0 Å². The van der Waals surface area contributed by atoms with E-state index in [0.717, 1.165) is 11.8 Å². The van der Waals surface area contributed by atoms with Gasteiger partial charge in [0.1, 0.15) is 12.2 Å². The number of carbonyl (C=O) groups is 2. The molecule has 12 heteroatoms. The van der Waals surface area contributed by atoms with Gasteiger partial charge in [-0.1, -0.05) is 36.4 Å². The van der Waals surface area contributed by atoms with E-state index >= 15 is 0 Å². The molecule has 2 amide bonds. The lowest BCUT2D eigenvalue weighted by atomic mass is 9.98. The number of hydrogen-bond donors (Lipinski definition) is 2. The molecule has 1 aromatic heterocycles. The van der Waals surface area contributed by atoms with Crippen LogP contribution in [0.25, 0.3) is 0 Å². The molecule has 0 radical (unpaired) electrons. The Kier molecular flexibility index (Phi) is 8.10. The van der Waals surface area contributed by atoms with Crippen LogP contribution in [0, 0.1) is 0 Å². The minimum atomic E-state index is -4.64. The summed E-state index contributed by atoms with van der Waals surface area (Å²) in [6.45, 7) is 0.625.